The standard InChI is InChI=1S/C120H74BN5/c1-8-30-75(31-9-1)86-67-97(77-34-12-3-13-35-77)119(98(68-86)78-36-14-4-15-37-78)125-112-71-84(81-56-62-110-102(64-81)95-49-28-47-93-90-44-22-26-52-107(90)123(110)117(93)95)54-59-104(112)121-105-60-55-85(82-57-63-111-103(65-82)96-50-29-48-94-91-45-23-27-53-108(91)124(111)118(94)96)72-113(105)126(120-99(79-38-16-5-17-39-79)69-87(76-32-10-2-11-33-76)70-100(120)80-40-18-6-19-41-80)115-74-88(73-114(125)116(115)121)83-58-61-109-101(66-83)92-46-24-25-51-106(92)122(109)89-42-20-7-21-43-89/h1-74H. The Balaban J connectivity index is 0.805. The smallest absolute Gasteiger partial charge is 0.252 e. The van der Waals surface area contributed by atoms with Crippen LogP contribution in [0.1, 0.15) is 0 Å². The van der Waals surface area contributed by atoms with Gasteiger partial charge in [0.2, 0.25) is 0 Å². The van der Waals surface area contributed by atoms with Gasteiger partial charge in [-0.25, -0.2) is 0 Å². The van der Waals surface area contributed by atoms with E-state index in [-0.39, 0.29) is 6.71 Å². The molecule has 20 aromatic carbocycles. The van der Waals surface area contributed by atoms with E-state index in [2.05, 4.69) is 472 Å². The topological polar surface area (TPSA) is 20.2 Å². The highest BCUT2D eigenvalue weighted by Crippen LogP contribution is 2.57. The summed E-state index contributed by atoms with van der Waals surface area (Å²) < 4.78 is 7.43. The Morgan fingerprint density at radius 3 is 0.841 bits per heavy atom. The maximum atomic E-state index is 2.74. The third-order valence-corrected chi connectivity index (χ3v) is 27.4. The summed E-state index contributed by atoms with van der Waals surface area (Å²) in [5, 5.41) is 12.4. The lowest BCUT2D eigenvalue weighted by Crippen LogP contribution is -2.61. The first-order chi connectivity index (χ1) is 62.5. The fraction of sp³-hybridized carbons (Fsp3) is 0. The fourth-order valence-electron chi connectivity index (χ4n) is 21.9. The number of anilines is 6. The van der Waals surface area contributed by atoms with Crippen LogP contribution in [0.5, 0.6) is 0 Å². The predicted molar refractivity (Wildman–Crippen MR) is 533 cm³/mol. The summed E-state index contributed by atoms with van der Waals surface area (Å²) in [4.78, 5) is 5.47. The summed E-state index contributed by atoms with van der Waals surface area (Å²) in [6.45, 7) is -0.322. The number of para-hydroxylation sites is 6. The molecule has 0 unspecified atom stereocenters. The summed E-state index contributed by atoms with van der Waals surface area (Å²) in [6.07, 6.45) is 0. The number of benzene rings is 20. The van der Waals surface area contributed by atoms with Crippen molar-refractivity contribution in [3.05, 3.63) is 449 Å². The molecule has 5 aromatic heterocycles. The molecular formula is C120H74BN5. The van der Waals surface area contributed by atoms with E-state index < -0.39 is 0 Å². The van der Waals surface area contributed by atoms with Gasteiger partial charge in [0.05, 0.1) is 55.5 Å². The van der Waals surface area contributed by atoms with Gasteiger partial charge >= 0.3 is 0 Å². The van der Waals surface area contributed by atoms with Crippen LogP contribution in [0.3, 0.4) is 0 Å². The fourth-order valence-corrected chi connectivity index (χ4v) is 21.9. The third-order valence-electron chi connectivity index (χ3n) is 27.4. The lowest BCUT2D eigenvalue weighted by Gasteiger charge is -2.46. The molecule has 582 valence electrons. The number of nitrogens with zero attached hydrogens (tertiary/aromatic N) is 5. The van der Waals surface area contributed by atoms with E-state index in [1.807, 2.05) is 0 Å². The SMILES string of the molecule is c1ccc(-c2cc(-c3ccccc3)c(N3c4cc(-c5ccc6c(c5)c5cccc7c8ccccc8n6c75)ccc4B4c5ccc(-c6ccc7c(c6)c6cccc8c9ccccc9n7c86)cc5N(c5c(-c6ccccc6)cc(-c6ccccc6)cc5-c5ccccc5)c5cc(-c6ccc7c(c6)c6ccccc6n7-c6ccccc6)cc3c54)c(-c3ccccc3)c2)cc1. The van der Waals surface area contributed by atoms with Gasteiger partial charge in [0.25, 0.3) is 6.71 Å². The van der Waals surface area contributed by atoms with Crippen molar-refractivity contribution in [3.63, 3.8) is 0 Å². The molecule has 2 aliphatic heterocycles. The summed E-state index contributed by atoms with van der Waals surface area (Å²) in [6, 6.07) is 170. The second-order valence-electron chi connectivity index (χ2n) is 34.1. The molecule has 0 saturated heterocycles. The number of hydrogen-bond acceptors (Lipinski definition) is 2. The minimum absolute atomic E-state index is 0.322. The molecule has 0 saturated carbocycles. The summed E-state index contributed by atoms with van der Waals surface area (Å²) >= 11 is 0. The number of aromatic nitrogens is 3. The quantitative estimate of drug-likeness (QED) is 0.114. The van der Waals surface area contributed by atoms with Gasteiger partial charge < -0.3 is 23.2 Å². The molecule has 2 aliphatic rings. The highest BCUT2D eigenvalue weighted by Gasteiger charge is 2.46. The highest BCUT2D eigenvalue weighted by molar-refractivity contribution is 7.00. The zero-order valence-corrected chi connectivity index (χ0v) is 68.5. The van der Waals surface area contributed by atoms with Crippen molar-refractivity contribution < 1.29 is 0 Å². The Morgan fingerprint density at radius 1 is 0.167 bits per heavy atom. The minimum atomic E-state index is -0.322. The monoisotopic (exact) mass is 1600 g/mol. The van der Waals surface area contributed by atoms with Crippen LogP contribution in [0.2, 0.25) is 0 Å². The molecule has 6 heteroatoms. The first-order valence-corrected chi connectivity index (χ1v) is 43.7. The van der Waals surface area contributed by atoms with Gasteiger partial charge in [-0.3, -0.25) is 0 Å². The molecule has 0 atom stereocenters. The average Bonchev–Trinajstić information content (AvgIpc) is 0.999. The first kappa shape index (κ1) is 70.2. The summed E-state index contributed by atoms with van der Waals surface area (Å²) in [7, 11) is 0. The molecule has 27 rings (SSSR count). The second-order valence-corrected chi connectivity index (χ2v) is 34.1. The Morgan fingerprint density at radius 2 is 0.437 bits per heavy atom. The summed E-state index contributed by atoms with van der Waals surface area (Å²) in [5.74, 6) is 0. The minimum Gasteiger partial charge on any atom is -0.310 e. The van der Waals surface area contributed by atoms with Crippen LogP contribution in [0.4, 0.5) is 34.1 Å². The molecule has 0 aliphatic carbocycles. The summed E-state index contributed by atoms with van der Waals surface area (Å²) in [5.41, 5.74) is 41.1. The van der Waals surface area contributed by atoms with E-state index in [1.165, 1.54) is 103 Å². The van der Waals surface area contributed by atoms with E-state index in [4.69, 9.17) is 0 Å². The van der Waals surface area contributed by atoms with Gasteiger partial charge in [0.15, 0.2) is 0 Å². The van der Waals surface area contributed by atoms with Crippen LogP contribution in [0.15, 0.2) is 449 Å². The van der Waals surface area contributed by atoms with E-state index in [1.54, 1.807) is 0 Å². The number of hydrogen-bond donors (Lipinski definition) is 0. The van der Waals surface area contributed by atoms with Gasteiger partial charge in [-0.1, -0.05) is 334 Å². The number of fused-ring (bicyclic) bond motifs is 19. The van der Waals surface area contributed by atoms with E-state index in [0.717, 1.165) is 151 Å². The molecule has 0 N–H and O–H groups in total. The molecule has 5 nitrogen and oxygen atoms in total. The zero-order valence-electron chi connectivity index (χ0n) is 68.5. The average molecular weight is 1600 g/mol. The van der Waals surface area contributed by atoms with Crippen molar-refractivity contribution in [1.82, 2.24) is 13.4 Å². The zero-order chi connectivity index (χ0) is 82.3. The van der Waals surface area contributed by atoms with E-state index in [9.17, 15) is 0 Å². The predicted octanol–water partition coefficient (Wildman–Crippen LogP) is 30.2. The van der Waals surface area contributed by atoms with Crippen LogP contribution >= 0.6 is 0 Å². The van der Waals surface area contributed by atoms with Crippen molar-refractivity contribution in [3.8, 4) is 106 Å². The molecule has 0 bridgehead atoms. The van der Waals surface area contributed by atoms with Gasteiger partial charge in [0, 0.05) is 105 Å². The third kappa shape index (κ3) is 10.4. The lowest BCUT2D eigenvalue weighted by molar-refractivity contribution is 1.18. The van der Waals surface area contributed by atoms with Crippen LogP contribution in [0.25, 0.3) is 204 Å². The highest BCUT2D eigenvalue weighted by atomic mass is 15.2. The van der Waals surface area contributed by atoms with Crippen molar-refractivity contribution in [2.45, 2.75) is 0 Å². The normalized spacial score (nSPS) is 12.6. The molecule has 0 amide bonds. The van der Waals surface area contributed by atoms with Crippen LogP contribution < -0.4 is 26.2 Å². The van der Waals surface area contributed by atoms with Crippen LogP contribution in [-0.4, -0.2) is 20.1 Å². The molecule has 0 spiro atoms. The van der Waals surface area contributed by atoms with Crippen molar-refractivity contribution >= 4 is 155 Å². The van der Waals surface area contributed by atoms with Crippen molar-refractivity contribution in [2.24, 2.45) is 0 Å². The van der Waals surface area contributed by atoms with Gasteiger partial charge in [-0.15, -0.1) is 0 Å². The van der Waals surface area contributed by atoms with E-state index in [0.29, 0.717) is 0 Å². The molecular weight excluding hydrogens is 1520 g/mol. The Labute approximate surface area is 728 Å². The maximum Gasteiger partial charge on any atom is 0.252 e. The van der Waals surface area contributed by atoms with Gasteiger partial charge in [-0.2, -0.15) is 0 Å². The van der Waals surface area contributed by atoms with Crippen LogP contribution in [-0.2, 0) is 0 Å². The van der Waals surface area contributed by atoms with Gasteiger partial charge in [0.1, 0.15) is 0 Å². The second kappa shape index (κ2) is 27.5. The molecule has 126 heavy (non-hydrogen) atoms. The van der Waals surface area contributed by atoms with Crippen molar-refractivity contribution in [2.75, 3.05) is 9.80 Å². The van der Waals surface area contributed by atoms with Crippen LogP contribution in [0, 0.1) is 0 Å². The lowest BCUT2D eigenvalue weighted by atomic mass is 9.33. The Kier molecular flexibility index (Phi) is 15.3. The maximum absolute atomic E-state index is 2.74. The molecule has 0 radical (unpaired) electrons. The molecule has 0 fully saturated rings. The van der Waals surface area contributed by atoms with E-state index >= 15 is 0 Å². The number of rotatable bonds is 12. The molecule has 7 heterocycles. The van der Waals surface area contributed by atoms with Gasteiger partial charge in [-0.05, 0) is 210 Å². The largest absolute Gasteiger partial charge is 0.310 e. The first-order valence-electron chi connectivity index (χ1n) is 43.7. The van der Waals surface area contributed by atoms with Crippen molar-refractivity contribution in [1.29, 1.82) is 0 Å². The molecule has 25 aromatic rings. The Hall–Kier alpha value is -16.5. The Bertz CT molecular complexity index is 8210.